The predicted octanol–water partition coefficient (Wildman–Crippen LogP) is 5.93. The van der Waals surface area contributed by atoms with E-state index in [9.17, 15) is 47.9 Å². The van der Waals surface area contributed by atoms with E-state index in [0.29, 0.717) is 115 Å². The van der Waals surface area contributed by atoms with Crippen molar-refractivity contribution in [3.8, 4) is 11.5 Å². The molecule has 516 valence electrons. The van der Waals surface area contributed by atoms with Crippen molar-refractivity contribution in [1.29, 1.82) is 10.8 Å². The number of thiophene rings is 1. The zero-order valence-electron chi connectivity index (χ0n) is 55.9. The number of carbonyl (C=O) groups excluding carboxylic acids is 10. The van der Waals surface area contributed by atoms with Gasteiger partial charge in [0.25, 0.3) is 29.5 Å². The lowest BCUT2D eigenvalue weighted by Gasteiger charge is -2.24. The number of hydrogen-bond acceptors (Lipinski definition) is 21. The van der Waals surface area contributed by atoms with Gasteiger partial charge in [-0.15, -0.1) is 11.3 Å². The van der Waals surface area contributed by atoms with Crippen molar-refractivity contribution in [2.24, 2.45) is 4.99 Å². The number of rotatable bonds is 34. The van der Waals surface area contributed by atoms with Crippen LogP contribution in [0.2, 0.25) is 0 Å². The van der Waals surface area contributed by atoms with Gasteiger partial charge < -0.3 is 53.9 Å². The number of fused-ring (bicyclic) bond motifs is 3. The smallest absolute Gasteiger partial charge is 0.266 e. The zero-order valence-corrected chi connectivity index (χ0v) is 56.7. The Hall–Kier alpha value is -8.93. The van der Waals surface area contributed by atoms with Gasteiger partial charge in [0.05, 0.1) is 107 Å². The molecule has 28 heteroatoms. The molecule has 6 N–H and O–H groups in total. The van der Waals surface area contributed by atoms with E-state index >= 15 is 0 Å². The third-order valence-electron chi connectivity index (χ3n) is 14.1. The van der Waals surface area contributed by atoms with Gasteiger partial charge in [0.2, 0.25) is 24.1 Å². The number of nitrogens with zero attached hydrogens (tertiary/aromatic N) is 4. The van der Waals surface area contributed by atoms with Gasteiger partial charge in [0.1, 0.15) is 40.5 Å². The van der Waals surface area contributed by atoms with E-state index in [2.05, 4.69) is 74.8 Å². The lowest BCUT2D eigenvalue weighted by atomic mass is 9.99. The van der Waals surface area contributed by atoms with E-state index < -0.39 is 60.0 Å². The SMILES string of the molecule is CC(=N)N1C(=N)CN=C(c2ccc(C)cc2)c2c1sc(C)c2C.CCC.CCOc1cccc2c1C(=O)N(C(C)CCC(=O)NC=O)C2=O.CNC(=O)C(CCC=O)N1C(=O)c2cccc(OCC(=O)NCCOCCOCCOCCOCCOCCNC(C)=O)c2C1=O. The number of imide groups is 3. The van der Waals surface area contributed by atoms with Crippen LogP contribution in [-0.2, 0) is 52.5 Å². The molecule has 4 heterocycles. The zero-order chi connectivity index (χ0) is 70.0. The van der Waals surface area contributed by atoms with Crippen molar-refractivity contribution in [3.05, 3.63) is 110 Å². The molecule has 0 radical (unpaired) electrons. The minimum atomic E-state index is -1.16. The molecule has 0 aliphatic carbocycles. The van der Waals surface area contributed by atoms with E-state index in [0.717, 1.165) is 31.6 Å². The Morgan fingerprint density at radius 3 is 1.69 bits per heavy atom. The van der Waals surface area contributed by atoms with E-state index in [1.54, 1.807) is 55.2 Å². The fourth-order valence-electron chi connectivity index (χ4n) is 9.51. The number of aryl methyl sites for hydroxylation is 2. The first-order chi connectivity index (χ1) is 45.6. The van der Waals surface area contributed by atoms with Gasteiger partial charge >= 0.3 is 0 Å². The first kappa shape index (κ1) is 78.5. The number of likely N-dealkylation sites (N-methyl/N-ethyl adjacent to an activating group) is 1. The predicted molar refractivity (Wildman–Crippen MR) is 357 cm³/mol. The molecule has 0 fully saturated rings. The highest BCUT2D eigenvalue weighted by atomic mass is 32.1. The van der Waals surface area contributed by atoms with Crippen LogP contribution in [0.4, 0.5) is 5.00 Å². The summed E-state index contributed by atoms with van der Waals surface area (Å²) < 4.78 is 37.9. The lowest BCUT2D eigenvalue weighted by Crippen LogP contribution is -2.48. The molecule has 2 atom stereocenters. The minimum Gasteiger partial charge on any atom is -0.493 e. The van der Waals surface area contributed by atoms with Crippen molar-refractivity contribution in [2.75, 3.05) is 111 Å². The monoisotopic (exact) mass is 1340 g/mol. The Morgan fingerprint density at radius 2 is 1.19 bits per heavy atom. The normalized spacial score (nSPS) is 13.4. The Balaban J connectivity index is 0.000000326. The molecule has 1 aromatic heterocycles. The molecule has 27 nitrogen and oxygen atoms in total. The third kappa shape index (κ3) is 23.5. The molecule has 0 spiro atoms. The molecule has 9 amide bonds. The highest BCUT2D eigenvalue weighted by molar-refractivity contribution is 7.17. The molecule has 0 saturated carbocycles. The average molecular weight is 1340 g/mol. The number of amidine groups is 2. The summed E-state index contributed by atoms with van der Waals surface area (Å²) in [7, 11) is 1.37. The molecule has 3 aliphatic heterocycles. The molecule has 3 aromatic carbocycles. The maximum absolute atomic E-state index is 13.2. The van der Waals surface area contributed by atoms with Crippen molar-refractivity contribution >= 4 is 93.7 Å². The van der Waals surface area contributed by atoms with Gasteiger partial charge in [-0.3, -0.25) is 79.0 Å². The minimum absolute atomic E-state index is 0.0136. The molecular formula is C67H90N10O17S. The average Bonchev–Trinajstić information content (AvgIpc) is 1.64. The van der Waals surface area contributed by atoms with Crippen LogP contribution in [0.3, 0.4) is 0 Å². The summed E-state index contributed by atoms with van der Waals surface area (Å²) in [5.74, 6) is -2.67. The highest BCUT2D eigenvalue weighted by Gasteiger charge is 2.45. The molecular weight excluding hydrogens is 1250 g/mol. The molecule has 7 rings (SSSR count). The molecule has 0 bridgehead atoms. The summed E-state index contributed by atoms with van der Waals surface area (Å²) in [5.41, 5.74) is 6.04. The number of aliphatic imine (C=N–C) groups is 1. The summed E-state index contributed by atoms with van der Waals surface area (Å²) in [4.78, 5) is 129. The van der Waals surface area contributed by atoms with Gasteiger partial charge in [-0.1, -0.05) is 62.2 Å². The fraction of sp³-hybridized carbons (Fsp3) is 0.478. The van der Waals surface area contributed by atoms with Crippen molar-refractivity contribution < 1.29 is 81.1 Å². The Bertz CT molecular complexity index is 3340. The van der Waals surface area contributed by atoms with E-state index in [-0.39, 0.29) is 67.2 Å². The number of hydrogen-bond donors (Lipinski definition) is 6. The van der Waals surface area contributed by atoms with E-state index in [4.69, 9.17) is 49.0 Å². The number of anilines is 1. The summed E-state index contributed by atoms with van der Waals surface area (Å²) in [6.45, 7) is 22.0. The second-order valence-corrected chi connectivity index (χ2v) is 22.7. The van der Waals surface area contributed by atoms with E-state index in [1.807, 2.05) is 5.32 Å². The van der Waals surface area contributed by atoms with Crippen LogP contribution in [0.15, 0.2) is 65.7 Å². The van der Waals surface area contributed by atoms with E-state index in [1.165, 1.54) is 54.6 Å². The molecule has 4 aromatic rings. The first-order valence-electron chi connectivity index (χ1n) is 31.3. The first-order valence-corrected chi connectivity index (χ1v) is 32.2. The van der Waals surface area contributed by atoms with Crippen LogP contribution in [0.25, 0.3) is 0 Å². The fourth-order valence-corrected chi connectivity index (χ4v) is 10.7. The summed E-state index contributed by atoms with van der Waals surface area (Å²) in [6, 6.07) is 16.0. The molecule has 95 heavy (non-hydrogen) atoms. The number of aldehydes is 1. The van der Waals surface area contributed by atoms with Gasteiger partial charge in [-0.25, -0.2) is 0 Å². The Kier molecular flexibility index (Phi) is 34.5. The van der Waals surface area contributed by atoms with Crippen LogP contribution < -0.4 is 35.6 Å². The second-order valence-electron chi connectivity index (χ2n) is 21.5. The van der Waals surface area contributed by atoms with Gasteiger partial charge in [0, 0.05) is 61.9 Å². The van der Waals surface area contributed by atoms with Crippen LogP contribution in [0.5, 0.6) is 11.5 Å². The summed E-state index contributed by atoms with van der Waals surface area (Å²) in [6.07, 6.45) is 2.46. The number of nitrogens with one attached hydrogen (secondary N) is 6. The molecule has 3 aliphatic rings. The molecule has 2 unspecified atom stereocenters. The van der Waals surface area contributed by atoms with Gasteiger partial charge in [0.15, 0.2) is 6.61 Å². The molecule has 0 saturated heterocycles. The quantitative estimate of drug-likeness (QED) is 0.0104. The highest BCUT2D eigenvalue weighted by Crippen LogP contribution is 2.39. The maximum atomic E-state index is 13.2. The Labute approximate surface area is 558 Å². The number of benzene rings is 3. The van der Waals surface area contributed by atoms with Crippen LogP contribution in [0, 0.1) is 31.6 Å². The topological polar surface area (TPSA) is 353 Å². The number of carbonyl (C=O) groups is 10. The van der Waals surface area contributed by atoms with Gasteiger partial charge in [-0.05, 0) is 84.2 Å². The lowest BCUT2D eigenvalue weighted by molar-refractivity contribution is -0.126. The van der Waals surface area contributed by atoms with Crippen molar-refractivity contribution in [2.45, 2.75) is 107 Å². The largest absolute Gasteiger partial charge is 0.493 e. The van der Waals surface area contributed by atoms with Crippen molar-refractivity contribution in [1.82, 2.24) is 31.1 Å². The summed E-state index contributed by atoms with van der Waals surface area (Å²) >= 11 is 1.64. The summed E-state index contributed by atoms with van der Waals surface area (Å²) in [5, 5.41) is 27.0. The number of amides is 9. The van der Waals surface area contributed by atoms with Gasteiger partial charge in [-0.2, -0.15) is 0 Å². The van der Waals surface area contributed by atoms with Crippen LogP contribution in [-0.4, -0.2) is 205 Å². The second kappa shape index (κ2) is 41.7. The third-order valence-corrected chi connectivity index (χ3v) is 15.3. The maximum Gasteiger partial charge on any atom is 0.266 e. The number of ether oxygens (including phenoxy) is 7. The van der Waals surface area contributed by atoms with Crippen LogP contribution >= 0.6 is 11.3 Å². The van der Waals surface area contributed by atoms with Crippen LogP contribution in [0.1, 0.15) is 142 Å². The standard InChI is InChI=1S/C30H44N4O12.C18H20N4S.C16H18N2O5.C3H8/c1-22(36)32-8-11-41-13-15-43-17-19-45-20-18-44-16-14-42-12-9-33-26(37)21-46-25-7-3-5-23-27(25)30(40)34(29(23)39)24(6-4-10-35)28(38)31-2;1-10-5-7-14(8-6-10)17-16-11(2)12(3)23-18(16)22(13(4)19)15(20)9-21-17;1-3-23-12-6-4-5-11-14(12)16(22)18(15(11)21)10(2)7-8-13(20)17-9-19;1-3-2/h3,5,7,10,24H,4,6,8-9,11-21H2,1-2H3,(H,31,38)(H,32,36)(H,33,37);5-8,19-20H,9H2,1-4H3;4-6,9-10H,3,7-8H2,1-2H3,(H,17,19,20);3H2,1-2H3. The van der Waals surface area contributed by atoms with Crippen molar-refractivity contribution in [3.63, 3.8) is 0 Å². The Morgan fingerprint density at radius 1 is 0.674 bits per heavy atom.